The van der Waals surface area contributed by atoms with E-state index in [4.69, 9.17) is 22.2 Å². The number of hydroxylamine groups is 1. The zero-order chi connectivity index (χ0) is 9.14. The van der Waals surface area contributed by atoms with Crippen LogP contribution in [0.5, 0.6) is 0 Å². The van der Waals surface area contributed by atoms with E-state index in [2.05, 4.69) is 0 Å². The third-order valence-corrected chi connectivity index (χ3v) is 1.98. The van der Waals surface area contributed by atoms with Crippen molar-refractivity contribution >= 4 is 17.4 Å². The van der Waals surface area contributed by atoms with E-state index in [1.165, 1.54) is 0 Å². The minimum atomic E-state index is -0.0326. The van der Waals surface area contributed by atoms with Crippen LogP contribution in [0.15, 0.2) is 18.2 Å². The zero-order valence-corrected chi connectivity index (χ0v) is 7.31. The first-order chi connectivity index (χ1) is 5.65. The molecule has 0 fully saturated rings. The number of benzene rings is 1. The Hall–Kier alpha value is -1.06. The molecule has 64 valence electrons. The van der Waals surface area contributed by atoms with Crippen LogP contribution in [-0.2, 0) is 0 Å². The average Bonchev–Trinajstić information content (AvgIpc) is 2.08. The molecule has 0 aliphatic rings. The van der Waals surface area contributed by atoms with E-state index in [0.717, 1.165) is 5.56 Å². The molecule has 3 nitrogen and oxygen atoms in total. The maximum atomic E-state index is 8.44. The number of hydrogen-bond acceptors (Lipinski definition) is 2. The summed E-state index contributed by atoms with van der Waals surface area (Å²) in [4.78, 5) is 0. The summed E-state index contributed by atoms with van der Waals surface area (Å²) < 4.78 is 0. The van der Waals surface area contributed by atoms with Gasteiger partial charge in [0.15, 0.2) is 0 Å². The molecular weight excluding hydrogens is 176 g/mol. The maximum absolute atomic E-state index is 8.44. The van der Waals surface area contributed by atoms with E-state index in [9.17, 15) is 0 Å². The normalized spacial score (nSPS) is 9.58. The van der Waals surface area contributed by atoms with Crippen molar-refractivity contribution in [3.8, 4) is 0 Å². The van der Waals surface area contributed by atoms with Gasteiger partial charge >= 0.3 is 0 Å². The molecule has 0 saturated heterocycles. The molecule has 0 bridgehead atoms. The Kier molecular flexibility index (Phi) is 2.68. The maximum Gasteiger partial charge on any atom is 0.149 e. The van der Waals surface area contributed by atoms with Crippen molar-refractivity contribution in [1.29, 1.82) is 5.41 Å². The largest absolute Gasteiger partial charge is 0.290 e. The summed E-state index contributed by atoms with van der Waals surface area (Å²) in [5, 5.41) is 16.3. The fourth-order valence-electron chi connectivity index (χ4n) is 0.865. The molecule has 4 heteroatoms. The van der Waals surface area contributed by atoms with E-state index in [1.54, 1.807) is 23.7 Å². The van der Waals surface area contributed by atoms with Crippen LogP contribution in [0.2, 0.25) is 5.02 Å². The second-order valence-electron chi connectivity index (χ2n) is 2.45. The van der Waals surface area contributed by atoms with Crippen molar-refractivity contribution in [2.75, 3.05) is 0 Å². The van der Waals surface area contributed by atoms with E-state index in [0.29, 0.717) is 10.6 Å². The first-order valence-electron chi connectivity index (χ1n) is 3.40. The van der Waals surface area contributed by atoms with Gasteiger partial charge in [0.2, 0.25) is 0 Å². The molecule has 0 atom stereocenters. The second-order valence-corrected chi connectivity index (χ2v) is 2.86. The van der Waals surface area contributed by atoms with E-state index in [-0.39, 0.29) is 5.84 Å². The summed E-state index contributed by atoms with van der Waals surface area (Å²) in [6, 6.07) is 5.09. The molecule has 0 heterocycles. The number of halogens is 1. The second kappa shape index (κ2) is 3.56. The third-order valence-electron chi connectivity index (χ3n) is 1.56. The summed E-state index contributed by atoms with van der Waals surface area (Å²) in [6.07, 6.45) is 0. The first-order valence-corrected chi connectivity index (χ1v) is 3.78. The molecule has 12 heavy (non-hydrogen) atoms. The molecule has 0 amide bonds. The topological polar surface area (TPSA) is 56.1 Å². The third kappa shape index (κ3) is 1.75. The average molecular weight is 185 g/mol. The Morgan fingerprint density at radius 3 is 2.75 bits per heavy atom. The summed E-state index contributed by atoms with van der Waals surface area (Å²) in [6.45, 7) is 1.84. The van der Waals surface area contributed by atoms with E-state index in [1.807, 2.05) is 6.92 Å². The predicted octanol–water partition coefficient (Wildman–Crippen LogP) is 1.95. The Morgan fingerprint density at radius 2 is 2.25 bits per heavy atom. The van der Waals surface area contributed by atoms with Gasteiger partial charge in [-0.05, 0) is 30.7 Å². The van der Waals surface area contributed by atoms with Crippen molar-refractivity contribution in [1.82, 2.24) is 5.48 Å². The quantitative estimate of drug-likeness (QED) is 0.355. The number of amidine groups is 1. The number of hydrogen-bond donors (Lipinski definition) is 3. The highest BCUT2D eigenvalue weighted by molar-refractivity contribution is 6.31. The monoisotopic (exact) mass is 184 g/mol. The van der Waals surface area contributed by atoms with Crippen LogP contribution < -0.4 is 5.48 Å². The van der Waals surface area contributed by atoms with Crippen LogP contribution in [-0.4, -0.2) is 11.0 Å². The van der Waals surface area contributed by atoms with Gasteiger partial charge in [0.25, 0.3) is 0 Å². The molecule has 0 aliphatic carbocycles. The lowest BCUT2D eigenvalue weighted by atomic mass is 10.1. The molecule has 1 aromatic carbocycles. The Bertz CT molecular complexity index is 312. The SMILES string of the molecule is Cc1cc(C(=N)NO)ccc1Cl. The van der Waals surface area contributed by atoms with E-state index < -0.39 is 0 Å². The molecule has 0 unspecified atom stereocenters. The van der Waals surface area contributed by atoms with Crippen LogP contribution in [0, 0.1) is 12.3 Å². The molecule has 1 rings (SSSR count). The highest BCUT2D eigenvalue weighted by Gasteiger charge is 2.01. The number of rotatable bonds is 1. The standard InChI is InChI=1S/C8H9ClN2O/c1-5-4-6(8(10)11-12)2-3-7(5)9/h2-4,12H,1H3,(H2,10,11). The highest BCUT2D eigenvalue weighted by atomic mass is 35.5. The van der Waals surface area contributed by atoms with Gasteiger partial charge in [0.1, 0.15) is 5.84 Å². The van der Waals surface area contributed by atoms with E-state index >= 15 is 0 Å². The van der Waals surface area contributed by atoms with Crippen LogP contribution in [0.3, 0.4) is 0 Å². The Morgan fingerprint density at radius 1 is 1.58 bits per heavy atom. The fraction of sp³-hybridized carbons (Fsp3) is 0.125. The van der Waals surface area contributed by atoms with Gasteiger partial charge in [-0.1, -0.05) is 11.6 Å². The number of aryl methyl sites for hydroxylation is 1. The molecule has 0 saturated carbocycles. The first kappa shape index (κ1) is 9.03. The molecule has 0 spiro atoms. The minimum absolute atomic E-state index is 0.0326. The van der Waals surface area contributed by atoms with Gasteiger partial charge in [-0.2, -0.15) is 0 Å². The minimum Gasteiger partial charge on any atom is -0.290 e. The Labute approximate surface area is 75.4 Å². The van der Waals surface area contributed by atoms with Crippen LogP contribution >= 0.6 is 11.6 Å². The zero-order valence-electron chi connectivity index (χ0n) is 6.56. The number of nitrogens with one attached hydrogen (secondary N) is 2. The van der Waals surface area contributed by atoms with Crippen LogP contribution in [0.1, 0.15) is 11.1 Å². The summed E-state index contributed by atoms with van der Waals surface area (Å²) in [7, 11) is 0. The summed E-state index contributed by atoms with van der Waals surface area (Å²) >= 11 is 5.78. The molecule has 0 aromatic heterocycles. The molecule has 0 radical (unpaired) electrons. The van der Waals surface area contributed by atoms with Gasteiger partial charge < -0.3 is 0 Å². The lowest BCUT2D eigenvalue weighted by molar-refractivity contribution is 0.234. The molecule has 1 aromatic rings. The van der Waals surface area contributed by atoms with Gasteiger partial charge in [0.05, 0.1) is 0 Å². The molecular formula is C8H9ClN2O. The van der Waals surface area contributed by atoms with Crippen LogP contribution in [0.25, 0.3) is 0 Å². The predicted molar refractivity (Wildman–Crippen MR) is 47.9 cm³/mol. The van der Waals surface area contributed by atoms with Crippen molar-refractivity contribution < 1.29 is 5.21 Å². The van der Waals surface area contributed by atoms with Gasteiger partial charge in [-0.3, -0.25) is 16.1 Å². The fourth-order valence-corrected chi connectivity index (χ4v) is 0.982. The van der Waals surface area contributed by atoms with Crippen molar-refractivity contribution in [2.24, 2.45) is 0 Å². The highest BCUT2D eigenvalue weighted by Crippen LogP contribution is 2.15. The smallest absolute Gasteiger partial charge is 0.149 e. The van der Waals surface area contributed by atoms with Crippen LogP contribution in [0.4, 0.5) is 0 Å². The summed E-state index contributed by atoms with van der Waals surface area (Å²) in [5.74, 6) is -0.0326. The van der Waals surface area contributed by atoms with Gasteiger partial charge in [-0.25, -0.2) is 0 Å². The van der Waals surface area contributed by atoms with Crippen molar-refractivity contribution in [2.45, 2.75) is 6.92 Å². The van der Waals surface area contributed by atoms with Crippen molar-refractivity contribution in [3.05, 3.63) is 34.3 Å². The van der Waals surface area contributed by atoms with Gasteiger partial charge in [-0.15, -0.1) is 0 Å². The lowest BCUT2D eigenvalue weighted by Crippen LogP contribution is -2.18. The molecule has 3 N–H and O–H groups in total. The van der Waals surface area contributed by atoms with Gasteiger partial charge in [0, 0.05) is 10.6 Å². The summed E-state index contributed by atoms with van der Waals surface area (Å²) in [5.41, 5.74) is 3.26. The Balaban J connectivity index is 3.05. The molecule has 0 aliphatic heterocycles. The van der Waals surface area contributed by atoms with Crippen molar-refractivity contribution in [3.63, 3.8) is 0 Å². The lowest BCUT2D eigenvalue weighted by Gasteiger charge is -2.03.